The second-order valence-electron chi connectivity index (χ2n) is 8.33. The van der Waals surface area contributed by atoms with Gasteiger partial charge in [0.1, 0.15) is 12.4 Å². The number of sulfonamides is 1. The quantitative estimate of drug-likeness (QED) is 0.665. The average Bonchev–Trinajstić information content (AvgIpc) is 3.20. The number of aryl methyl sites for hydroxylation is 1. The molecule has 2 saturated heterocycles. The van der Waals surface area contributed by atoms with Crippen molar-refractivity contribution in [1.82, 2.24) is 9.21 Å². The Morgan fingerprint density at radius 3 is 2.44 bits per heavy atom. The van der Waals surface area contributed by atoms with E-state index in [1.54, 1.807) is 53.4 Å². The Morgan fingerprint density at radius 1 is 1.00 bits per heavy atom. The first-order valence-electron chi connectivity index (χ1n) is 11.1. The molecule has 0 aliphatic carbocycles. The maximum atomic E-state index is 13.0. The lowest BCUT2D eigenvalue weighted by molar-refractivity contribution is 0.0678. The van der Waals surface area contributed by atoms with E-state index < -0.39 is 10.0 Å². The molecule has 0 spiro atoms. The molecule has 0 radical (unpaired) electrons. The first kappa shape index (κ1) is 22.8. The topological polar surface area (TPSA) is 76.2 Å². The molecule has 4 rings (SSSR count). The van der Waals surface area contributed by atoms with Gasteiger partial charge in [0.2, 0.25) is 10.0 Å². The fraction of sp³-hybridized carbons (Fsp3) is 0.458. The number of carbonyl (C=O) groups excluding carboxylic acids is 1. The average molecular weight is 459 g/mol. The largest absolute Gasteiger partial charge is 0.491 e. The predicted octanol–water partition coefficient (Wildman–Crippen LogP) is 3.09. The van der Waals surface area contributed by atoms with Gasteiger partial charge in [0.05, 0.1) is 11.0 Å². The number of amides is 1. The second-order valence-corrected chi connectivity index (χ2v) is 10.3. The lowest BCUT2D eigenvalue weighted by Gasteiger charge is -2.22. The number of hydrogen-bond donors (Lipinski definition) is 0. The van der Waals surface area contributed by atoms with Crippen LogP contribution < -0.4 is 4.74 Å². The van der Waals surface area contributed by atoms with Crippen LogP contribution >= 0.6 is 0 Å². The van der Waals surface area contributed by atoms with E-state index >= 15 is 0 Å². The third-order valence-corrected chi connectivity index (χ3v) is 7.87. The number of rotatable bonds is 6. The molecule has 0 saturated carbocycles. The first-order valence-corrected chi connectivity index (χ1v) is 12.6. The second kappa shape index (κ2) is 10.0. The van der Waals surface area contributed by atoms with Gasteiger partial charge in [0.25, 0.3) is 5.91 Å². The number of nitrogens with zero attached hydrogens (tertiary/aromatic N) is 2. The first-order chi connectivity index (χ1) is 15.4. The Labute approximate surface area is 190 Å². The smallest absolute Gasteiger partial charge is 0.253 e. The van der Waals surface area contributed by atoms with Gasteiger partial charge < -0.3 is 14.4 Å². The number of benzene rings is 2. The van der Waals surface area contributed by atoms with Gasteiger partial charge in [0, 0.05) is 38.3 Å². The lowest BCUT2D eigenvalue weighted by atomic mass is 10.2. The Balaban J connectivity index is 1.35. The van der Waals surface area contributed by atoms with Crippen LogP contribution in [-0.4, -0.2) is 69.0 Å². The van der Waals surface area contributed by atoms with Gasteiger partial charge in [-0.25, -0.2) is 8.42 Å². The van der Waals surface area contributed by atoms with Gasteiger partial charge in [-0.15, -0.1) is 0 Å². The molecular formula is C24H30N2O5S. The van der Waals surface area contributed by atoms with E-state index in [1.165, 1.54) is 4.31 Å². The summed E-state index contributed by atoms with van der Waals surface area (Å²) in [5, 5.41) is 0. The van der Waals surface area contributed by atoms with Crippen LogP contribution in [0.2, 0.25) is 0 Å². The molecule has 1 amide bonds. The zero-order chi connectivity index (χ0) is 22.6. The summed E-state index contributed by atoms with van der Waals surface area (Å²) in [7, 11) is -3.57. The van der Waals surface area contributed by atoms with Gasteiger partial charge >= 0.3 is 0 Å². The minimum absolute atomic E-state index is 0.0924. The van der Waals surface area contributed by atoms with Crippen molar-refractivity contribution in [2.75, 3.05) is 39.4 Å². The molecule has 32 heavy (non-hydrogen) atoms. The molecule has 2 aromatic rings. The predicted molar refractivity (Wildman–Crippen MR) is 121 cm³/mol. The van der Waals surface area contributed by atoms with Crippen LogP contribution in [0.25, 0.3) is 0 Å². The van der Waals surface area contributed by atoms with Crippen LogP contribution in [0.4, 0.5) is 0 Å². The van der Waals surface area contributed by atoms with Crippen molar-refractivity contribution in [2.45, 2.75) is 37.2 Å². The van der Waals surface area contributed by atoms with Crippen molar-refractivity contribution in [2.24, 2.45) is 0 Å². The van der Waals surface area contributed by atoms with Crippen LogP contribution in [-0.2, 0) is 14.8 Å². The van der Waals surface area contributed by atoms with Gasteiger partial charge in [-0.05, 0) is 62.6 Å². The van der Waals surface area contributed by atoms with Crippen LogP contribution in [0.3, 0.4) is 0 Å². The molecule has 2 heterocycles. The molecule has 2 aromatic carbocycles. The maximum absolute atomic E-state index is 13.0. The van der Waals surface area contributed by atoms with E-state index in [4.69, 9.17) is 9.47 Å². The normalized spacial score (nSPS) is 20.2. The fourth-order valence-electron chi connectivity index (χ4n) is 4.04. The molecule has 0 unspecified atom stereocenters. The molecule has 172 valence electrons. The monoisotopic (exact) mass is 458 g/mol. The molecule has 8 heteroatoms. The Hall–Kier alpha value is -2.42. The lowest BCUT2D eigenvalue weighted by Crippen LogP contribution is -2.37. The minimum Gasteiger partial charge on any atom is -0.491 e. The summed E-state index contributed by atoms with van der Waals surface area (Å²) in [6.07, 6.45) is 2.83. The number of ether oxygens (including phenoxy) is 2. The van der Waals surface area contributed by atoms with Crippen LogP contribution in [0.15, 0.2) is 53.4 Å². The summed E-state index contributed by atoms with van der Waals surface area (Å²) >= 11 is 0. The molecule has 0 bridgehead atoms. The summed E-state index contributed by atoms with van der Waals surface area (Å²) in [5.74, 6) is 0.619. The van der Waals surface area contributed by atoms with Crippen LogP contribution in [0, 0.1) is 6.92 Å². The highest BCUT2D eigenvalue weighted by Crippen LogP contribution is 2.20. The van der Waals surface area contributed by atoms with Crippen molar-refractivity contribution < 1.29 is 22.7 Å². The molecule has 2 aliphatic rings. The Morgan fingerprint density at radius 2 is 1.75 bits per heavy atom. The summed E-state index contributed by atoms with van der Waals surface area (Å²) in [6, 6.07) is 14.0. The van der Waals surface area contributed by atoms with Crippen LogP contribution in [0.5, 0.6) is 5.75 Å². The highest BCUT2D eigenvalue weighted by molar-refractivity contribution is 7.89. The number of hydrogen-bond acceptors (Lipinski definition) is 5. The third-order valence-electron chi connectivity index (χ3n) is 5.96. The minimum atomic E-state index is -3.57. The van der Waals surface area contributed by atoms with E-state index in [-0.39, 0.29) is 18.6 Å². The summed E-state index contributed by atoms with van der Waals surface area (Å²) < 4.78 is 38.8. The summed E-state index contributed by atoms with van der Waals surface area (Å²) in [4.78, 5) is 15.0. The van der Waals surface area contributed by atoms with Gasteiger partial charge in [-0.2, -0.15) is 4.31 Å². The van der Waals surface area contributed by atoms with Crippen molar-refractivity contribution in [3.63, 3.8) is 0 Å². The summed E-state index contributed by atoms with van der Waals surface area (Å²) in [5.41, 5.74) is 1.59. The third kappa shape index (κ3) is 5.31. The van der Waals surface area contributed by atoms with E-state index in [1.807, 2.05) is 6.92 Å². The highest BCUT2D eigenvalue weighted by Gasteiger charge is 2.28. The van der Waals surface area contributed by atoms with E-state index in [0.29, 0.717) is 48.9 Å². The highest BCUT2D eigenvalue weighted by atomic mass is 32.2. The molecule has 7 nitrogen and oxygen atoms in total. The Kier molecular flexibility index (Phi) is 7.13. The van der Waals surface area contributed by atoms with E-state index in [0.717, 1.165) is 25.0 Å². The van der Waals surface area contributed by atoms with Crippen molar-refractivity contribution in [3.05, 3.63) is 59.7 Å². The van der Waals surface area contributed by atoms with Crippen molar-refractivity contribution >= 4 is 15.9 Å². The fourth-order valence-corrected chi connectivity index (χ4v) is 5.51. The maximum Gasteiger partial charge on any atom is 0.253 e. The molecular weight excluding hydrogens is 428 g/mol. The Bertz CT molecular complexity index is 1020. The zero-order valence-corrected chi connectivity index (χ0v) is 19.2. The molecule has 2 aliphatic heterocycles. The van der Waals surface area contributed by atoms with Crippen LogP contribution in [0.1, 0.15) is 35.2 Å². The molecule has 0 aromatic heterocycles. The summed E-state index contributed by atoms with van der Waals surface area (Å²) in [6.45, 7) is 4.80. The van der Waals surface area contributed by atoms with E-state index in [2.05, 4.69) is 0 Å². The molecule has 0 N–H and O–H groups in total. The standard InChI is InChI=1S/C24H30N2O5S/c1-19-5-11-23(12-6-19)32(28,29)26-14-3-13-25(15-16-26)24(27)20-7-9-21(10-8-20)31-18-22-4-2-17-30-22/h5-12,22H,2-4,13-18H2,1H3/t22-/m0/s1. The zero-order valence-electron chi connectivity index (χ0n) is 18.4. The van der Waals surface area contributed by atoms with E-state index in [9.17, 15) is 13.2 Å². The van der Waals surface area contributed by atoms with Crippen molar-refractivity contribution in [1.29, 1.82) is 0 Å². The van der Waals surface area contributed by atoms with Gasteiger partial charge in [-0.3, -0.25) is 4.79 Å². The molecule has 1 atom stereocenters. The van der Waals surface area contributed by atoms with Gasteiger partial charge in [0.15, 0.2) is 0 Å². The van der Waals surface area contributed by atoms with Gasteiger partial charge in [-0.1, -0.05) is 17.7 Å². The molecule has 2 fully saturated rings. The SMILES string of the molecule is Cc1ccc(S(=O)(=O)N2CCCN(C(=O)c3ccc(OC[C@@H]4CCCO4)cc3)CC2)cc1. The van der Waals surface area contributed by atoms with Crippen molar-refractivity contribution in [3.8, 4) is 5.75 Å². The number of carbonyl (C=O) groups is 1.